The Morgan fingerprint density at radius 3 is 1.97 bits per heavy atom. The summed E-state index contributed by atoms with van der Waals surface area (Å²) in [5.74, 6) is -2.60. The molecule has 154 valence electrons. The maximum Gasteiger partial charge on any atom is 0.238 e. The second-order valence-corrected chi connectivity index (χ2v) is 6.78. The molecule has 1 fully saturated rings. The number of amides is 2. The summed E-state index contributed by atoms with van der Waals surface area (Å²) < 4.78 is 39.7. The van der Waals surface area contributed by atoms with Crippen molar-refractivity contribution in [2.24, 2.45) is 0 Å². The number of hydrogen-bond acceptors (Lipinski definition) is 4. The lowest BCUT2D eigenvalue weighted by Gasteiger charge is -2.33. The number of nitrogens with one attached hydrogen (secondary N) is 2. The molecule has 0 unspecified atom stereocenters. The third kappa shape index (κ3) is 6.30. The fraction of sp³-hybridized carbons (Fsp3) is 0.300. The number of carbonyl (C=O) groups excluding carboxylic acids is 2. The zero-order valence-electron chi connectivity index (χ0n) is 15.6. The van der Waals surface area contributed by atoms with Crippen molar-refractivity contribution >= 4 is 23.2 Å². The minimum absolute atomic E-state index is 0.0657. The molecule has 0 aromatic heterocycles. The van der Waals surface area contributed by atoms with E-state index in [0.717, 1.165) is 6.07 Å². The molecule has 1 heterocycles. The van der Waals surface area contributed by atoms with E-state index in [0.29, 0.717) is 37.9 Å². The summed E-state index contributed by atoms with van der Waals surface area (Å²) in [6.07, 6.45) is 0. The molecule has 1 aliphatic rings. The maximum absolute atomic E-state index is 13.6. The monoisotopic (exact) mass is 406 g/mol. The third-order valence-corrected chi connectivity index (χ3v) is 4.51. The number of hydrogen-bond donors (Lipinski definition) is 2. The summed E-state index contributed by atoms with van der Waals surface area (Å²) >= 11 is 0. The Hall–Kier alpha value is -2.91. The van der Waals surface area contributed by atoms with Gasteiger partial charge in [-0.05, 0) is 30.3 Å². The highest BCUT2D eigenvalue weighted by atomic mass is 19.1. The standard InChI is InChI=1S/C20H21F3N4O2/c21-14-2-1-3-16(10-14)24-19(28)12-26-6-8-27(9-7-26)13-20(29)25-18-5-4-15(22)11-17(18)23/h1-5,10-11H,6-9,12-13H2,(H,24,28)(H,25,29). The van der Waals surface area contributed by atoms with Crippen molar-refractivity contribution in [3.8, 4) is 0 Å². The van der Waals surface area contributed by atoms with E-state index in [1.165, 1.54) is 24.3 Å². The van der Waals surface area contributed by atoms with E-state index in [1.807, 2.05) is 9.80 Å². The first kappa shape index (κ1) is 20.8. The molecule has 2 aromatic rings. The van der Waals surface area contributed by atoms with E-state index < -0.39 is 23.4 Å². The number of anilines is 2. The normalized spacial score (nSPS) is 15.1. The number of nitrogens with zero attached hydrogens (tertiary/aromatic N) is 2. The van der Waals surface area contributed by atoms with Gasteiger partial charge in [-0.25, -0.2) is 13.2 Å². The fourth-order valence-electron chi connectivity index (χ4n) is 3.06. The third-order valence-electron chi connectivity index (χ3n) is 4.51. The largest absolute Gasteiger partial charge is 0.325 e. The van der Waals surface area contributed by atoms with Gasteiger partial charge in [0.1, 0.15) is 17.5 Å². The number of piperazine rings is 1. The van der Waals surface area contributed by atoms with E-state index in [-0.39, 0.29) is 24.7 Å². The van der Waals surface area contributed by atoms with Gasteiger partial charge in [-0.2, -0.15) is 0 Å². The van der Waals surface area contributed by atoms with Gasteiger partial charge in [0.15, 0.2) is 0 Å². The molecule has 0 atom stereocenters. The molecule has 1 saturated heterocycles. The predicted molar refractivity (Wildman–Crippen MR) is 103 cm³/mol. The fourth-order valence-corrected chi connectivity index (χ4v) is 3.06. The van der Waals surface area contributed by atoms with Crippen LogP contribution in [0.2, 0.25) is 0 Å². The van der Waals surface area contributed by atoms with Crippen LogP contribution >= 0.6 is 0 Å². The van der Waals surface area contributed by atoms with Gasteiger partial charge in [0, 0.05) is 37.9 Å². The van der Waals surface area contributed by atoms with Crippen molar-refractivity contribution in [3.63, 3.8) is 0 Å². The Balaban J connectivity index is 1.40. The van der Waals surface area contributed by atoms with Crippen LogP contribution in [-0.2, 0) is 9.59 Å². The van der Waals surface area contributed by atoms with Crippen LogP contribution in [0.4, 0.5) is 24.5 Å². The maximum atomic E-state index is 13.6. The second-order valence-electron chi connectivity index (χ2n) is 6.78. The van der Waals surface area contributed by atoms with Crippen LogP contribution in [0.3, 0.4) is 0 Å². The van der Waals surface area contributed by atoms with Crippen molar-refractivity contribution in [1.82, 2.24) is 9.80 Å². The molecule has 1 aliphatic heterocycles. The molecule has 0 aliphatic carbocycles. The Labute approximate surface area is 166 Å². The predicted octanol–water partition coefficient (Wildman–Crippen LogP) is 2.30. The Bertz CT molecular complexity index is 886. The summed E-state index contributed by atoms with van der Waals surface area (Å²) in [5, 5.41) is 5.08. The molecular formula is C20H21F3N4O2. The SMILES string of the molecule is O=C(CN1CCN(CC(=O)Nc2ccc(F)cc2F)CC1)Nc1cccc(F)c1. The zero-order chi connectivity index (χ0) is 20.8. The van der Waals surface area contributed by atoms with Crippen LogP contribution < -0.4 is 10.6 Å². The van der Waals surface area contributed by atoms with Gasteiger partial charge in [-0.3, -0.25) is 19.4 Å². The lowest BCUT2D eigenvalue weighted by Crippen LogP contribution is -2.50. The van der Waals surface area contributed by atoms with Gasteiger partial charge < -0.3 is 10.6 Å². The van der Waals surface area contributed by atoms with E-state index in [1.54, 1.807) is 6.07 Å². The summed E-state index contributed by atoms with van der Waals surface area (Å²) in [4.78, 5) is 28.0. The average Bonchev–Trinajstić information content (AvgIpc) is 2.65. The minimum atomic E-state index is -0.826. The van der Waals surface area contributed by atoms with Crippen molar-refractivity contribution in [2.75, 3.05) is 49.9 Å². The second kappa shape index (κ2) is 9.53. The topological polar surface area (TPSA) is 64.7 Å². The van der Waals surface area contributed by atoms with Crippen LogP contribution in [0.15, 0.2) is 42.5 Å². The molecular weight excluding hydrogens is 385 g/mol. The van der Waals surface area contributed by atoms with Gasteiger partial charge in [0.05, 0.1) is 18.8 Å². The minimum Gasteiger partial charge on any atom is -0.325 e. The molecule has 6 nitrogen and oxygen atoms in total. The summed E-state index contributed by atoms with van der Waals surface area (Å²) in [7, 11) is 0. The van der Waals surface area contributed by atoms with Gasteiger partial charge in [-0.1, -0.05) is 6.07 Å². The molecule has 0 spiro atoms. The zero-order valence-corrected chi connectivity index (χ0v) is 15.6. The summed E-state index contributed by atoms with van der Waals surface area (Å²) in [5.41, 5.74) is 0.336. The molecule has 29 heavy (non-hydrogen) atoms. The lowest BCUT2D eigenvalue weighted by molar-refractivity contribution is -0.120. The Kier molecular flexibility index (Phi) is 6.84. The number of halogens is 3. The number of carbonyl (C=O) groups is 2. The van der Waals surface area contributed by atoms with Gasteiger partial charge in [-0.15, -0.1) is 0 Å². The molecule has 0 bridgehead atoms. The molecule has 2 N–H and O–H groups in total. The van der Waals surface area contributed by atoms with Crippen LogP contribution in [-0.4, -0.2) is 60.9 Å². The van der Waals surface area contributed by atoms with Crippen molar-refractivity contribution in [1.29, 1.82) is 0 Å². The van der Waals surface area contributed by atoms with Crippen LogP contribution in [0, 0.1) is 17.5 Å². The Morgan fingerprint density at radius 1 is 0.793 bits per heavy atom. The molecule has 9 heteroatoms. The van der Waals surface area contributed by atoms with E-state index in [2.05, 4.69) is 10.6 Å². The highest BCUT2D eigenvalue weighted by Gasteiger charge is 2.21. The summed E-state index contributed by atoms with van der Waals surface area (Å²) in [6.45, 7) is 2.51. The van der Waals surface area contributed by atoms with Crippen LogP contribution in [0.25, 0.3) is 0 Å². The van der Waals surface area contributed by atoms with Gasteiger partial charge in [0.2, 0.25) is 11.8 Å². The molecule has 2 amide bonds. The van der Waals surface area contributed by atoms with Crippen molar-refractivity contribution < 1.29 is 22.8 Å². The number of benzene rings is 2. The molecule has 0 saturated carbocycles. The van der Waals surface area contributed by atoms with E-state index >= 15 is 0 Å². The first-order valence-electron chi connectivity index (χ1n) is 9.14. The summed E-state index contributed by atoms with van der Waals surface area (Å²) in [6, 6.07) is 8.65. The molecule has 3 rings (SSSR count). The van der Waals surface area contributed by atoms with Crippen molar-refractivity contribution in [3.05, 3.63) is 59.9 Å². The first-order valence-corrected chi connectivity index (χ1v) is 9.14. The first-order chi connectivity index (χ1) is 13.9. The molecule has 0 radical (unpaired) electrons. The lowest BCUT2D eigenvalue weighted by atomic mass is 10.2. The van der Waals surface area contributed by atoms with Crippen LogP contribution in [0.1, 0.15) is 0 Å². The average molecular weight is 406 g/mol. The van der Waals surface area contributed by atoms with Gasteiger partial charge >= 0.3 is 0 Å². The van der Waals surface area contributed by atoms with Crippen LogP contribution in [0.5, 0.6) is 0 Å². The van der Waals surface area contributed by atoms with E-state index in [9.17, 15) is 22.8 Å². The highest BCUT2D eigenvalue weighted by Crippen LogP contribution is 2.15. The van der Waals surface area contributed by atoms with Crippen molar-refractivity contribution in [2.45, 2.75) is 0 Å². The highest BCUT2D eigenvalue weighted by molar-refractivity contribution is 5.93. The molecule has 2 aromatic carbocycles. The number of rotatable bonds is 6. The van der Waals surface area contributed by atoms with Gasteiger partial charge in [0.25, 0.3) is 0 Å². The smallest absolute Gasteiger partial charge is 0.238 e. The Morgan fingerprint density at radius 2 is 1.38 bits per heavy atom. The quantitative estimate of drug-likeness (QED) is 0.773. The van der Waals surface area contributed by atoms with E-state index in [4.69, 9.17) is 0 Å².